The molecule has 0 radical (unpaired) electrons. The van der Waals surface area contributed by atoms with Gasteiger partial charge in [0.25, 0.3) is 5.91 Å². The molecular weight excluding hydrogens is 424 g/mol. The molecule has 0 saturated carbocycles. The Hall–Kier alpha value is -3.60. The van der Waals surface area contributed by atoms with Gasteiger partial charge in [-0.05, 0) is 67.1 Å². The maximum Gasteiger partial charge on any atom is 0.261 e. The maximum absolute atomic E-state index is 13.6. The van der Waals surface area contributed by atoms with Gasteiger partial charge in [0.1, 0.15) is 11.8 Å². The van der Waals surface area contributed by atoms with Gasteiger partial charge in [0.15, 0.2) is 6.61 Å². The molecule has 0 unspecified atom stereocenters. The van der Waals surface area contributed by atoms with Crippen molar-refractivity contribution in [1.29, 1.82) is 0 Å². The van der Waals surface area contributed by atoms with Gasteiger partial charge in [-0.3, -0.25) is 9.59 Å². The van der Waals surface area contributed by atoms with Crippen LogP contribution in [0.2, 0.25) is 0 Å². The van der Waals surface area contributed by atoms with Gasteiger partial charge in [-0.15, -0.1) is 0 Å². The molecule has 5 nitrogen and oxygen atoms in total. The highest BCUT2D eigenvalue weighted by molar-refractivity contribution is 5.88. The fourth-order valence-electron chi connectivity index (χ4n) is 4.06. The SMILES string of the molecule is CNC(=O)[C@H](Cc1ccccc1)N(Cc1ccccc1C)C(=O)COc1cc(C)cc(C)c1C. The molecule has 0 heterocycles. The molecule has 178 valence electrons. The van der Waals surface area contributed by atoms with Crippen molar-refractivity contribution in [2.75, 3.05) is 13.7 Å². The minimum absolute atomic E-state index is 0.141. The number of benzene rings is 3. The summed E-state index contributed by atoms with van der Waals surface area (Å²) in [5, 5.41) is 2.75. The van der Waals surface area contributed by atoms with E-state index < -0.39 is 6.04 Å². The lowest BCUT2D eigenvalue weighted by molar-refractivity contribution is -0.142. The Morgan fingerprint density at radius 2 is 1.59 bits per heavy atom. The third-order valence-corrected chi connectivity index (χ3v) is 6.23. The molecule has 5 heteroatoms. The van der Waals surface area contributed by atoms with Gasteiger partial charge >= 0.3 is 0 Å². The van der Waals surface area contributed by atoms with Gasteiger partial charge in [0.2, 0.25) is 5.91 Å². The summed E-state index contributed by atoms with van der Waals surface area (Å²) in [6.45, 7) is 8.22. The van der Waals surface area contributed by atoms with Crippen LogP contribution in [0.4, 0.5) is 0 Å². The number of likely N-dealkylation sites (N-methyl/N-ethyl adjacent to an activating group) is 1. The summed E-state index contributed by atoms with van der Waals surface area (Å²) < 4.78 is 6.00. The minimum Gasteiger partial charge on any atom is -0.483 e. The molecule has 3 aromatic rings. The lowest BCUT2D eigenvalue weighted by Gasteiger charge is -2.31. The number of amides is 2. The molecule has 0 spiro atoms. The van der Waals surface area contributed by atoms with Crippen LogP contribution in [0, 0.1) is 27.7 Å². The molecule has 0 aliphatic rings. The Balaban J connectivity index is 1.92. The molecule has 0 aliphatic heterocycles. The molecule has 0 aliphatic carbocycles. The van der Waals surface area contributed by atoms with Crippen LogP contribution in [-0.2, 0) is 22.6 Å². The Morgan fingerprint density at radius 3 is 2.26 bits per heavy atom. The molecular formula is C29H34N2O3. The first kappa shape index (κ1) is 25.0. The van der Waals surface area contributed by atoms with Crippen molar-refractivity contribution in [2.24, 2.45) is 0 Å². The van der Waals surface area contributed by atoms with Crippen LogP contribution < -0.4 is 10.1 Å². The van der Waals surface area contributed by atoms with Gasteiger partial charge in [-0.2, -0.15) is 0 Å². The van der Waals surface area contributed by atoms with E-state index in [0.29, 0.717) is 18.7 Å². The van der Waals surface area contributed by atoms with E-state index in [2.05, 4.69) is 11.4 Å². The number of aryl methyl sites for hydroxylation is 3. The van der Waals surface area contributed by atoms with Crippen molar-refractivity contribution in [3.05, 3.63) is 100 Å². The fraction of sp³-hybridized carbons (Fsp3) is 0.310. The number of rotatable bonds is 9. The van der Waals surface area contributed by atoms with Crippen molar-refractivity contribution in [1.82, 2.24) is 10.2 Å². The van der Waals surface area contributed by atoms with E-state index in [4.69, 9.17) is 4.74 Å². The Morgan fingerprint density at radius 1 is 0.912 bits per heavy atom. The number of hydrogen-bond donors (Lipinski definition) is 1. The van der Waals surface area contributed by atoms with Crippen molar-refractivity contribution >= 4 is 11.8 Å². The van der Waals surface area contributed by atoms with E-state index in [0.717, 1.165) is 33.4 Å². The second-order valence-electron chi connectivity index (χ2n) is 8.76. The molecule has 0 bridgehead atoms. The summed E-state index contributed by atoms with van der Waals surface area (Å²) in [4.78, 5) is 28.2. The zero-order valence-electron chi connectivity index (χ0n) is 20.7. The molecule has 0 saturated heterocycles. The molecule has 0 aromatic heterocycles. The summed E-state index contributed by atoms with van der Waals surface area (Å²) >= 11 is 0. The topological polar surface area (TPSA) is 58.6 Å². The average molecular weight is 459 g/mol. The molecule has 0 fully saturated rings. The van der Waals surface area contributed by atoms with Crippen LogP contribution in [0.3, 0.4) is 0 Å². The number of carbonyl (C=O) groups is 2. The zero-order valence-corrected chi connectivity index (χ0v) is 20.7. The highest BCUT2D eigenvalue weighted by Gasteiger charge is 2.30. The summed E-state index contributed by atoms with van der Waals surface area (Å²) in [6, 6.07) is 21.1. The monoisotopic (exact) mass is 458 g/mol. The second kappa shape index (κ2) is 11.5. The van der Waals surface area contributed by atoms with E-state index in [1.807, 2.05) is 88.4 Å². The largest absolute Gasteiger partial charge is 0.483 e. The molecule has 34 heavy (non-hydrogen) atoms. The van der Waals surface area contributed by atoms with E-state index in [9.17, 15) is 9.59 Å². The average Bonchev–Trinajstić information content (AvgIpc) is 2.83. The smallest absolute Gasteiger partial charge is 0.261 e. The van der Waals surface area contributed by atoms with Crippen LogP contribution >= 0.6 is 0 Å². The first-order valence-corrected chi connectivity index (χ1v) is 11.6. The van der Waals surface area contributed by atoms with Crippen molar-refractivity contribution in [3.63, 3.8) is 0 Å². The number of carbonyl (C=O) groups excluding carboxylic acids is 2. The summed E-state index contributed by atoms with van der Waals surface area (Å²) in [6.07, 6.45) is 0.417. The van der Waals surface area contributed by atoms with Gasteiger partial charge in [-0.1, -0.05) is 60.7 Å². The second-order valence-corrected chi connectivity index (χ2v) is 8.76. The predicted molar refractivity (Wildman–Crippen MR) is 136 cm³/mol. The standard InChI is InChI=1S/C29H34N2O3/c1-20-15-22(3)23(4)27(16-20)34-19-28(32)31(18-25-14-10-9-11-21(25)2)26(29(33)30-5)17-24-12-7-6-8-13-24/h6-16,26H,17-19H2,1-5H3,(H,30,33)/t26-/m0/s1. The van der Waals surface area contributed by atoms with E-state index >= 15 is 0 Å². The van der Waals surface area contributed by atoms with Gasteiger partial charge in [-0.25, -0.2) is 0 Å². The van der Waals surface area contributed by atoms with E-state index in [1.165, 1.54) is 0 Å². The normalized spacial score (nSPS) is 11.6. The van der Waals surface area contributed by atoms with Gasteiger partial charge < -0.3 is 15.0 Å². The third kappa shape index (κ3) is 6.25. The Labute approximate surface area is 202 Å². The van der Waals surface area contributed by atoms with Gasteiger partial charge in [0, 0.05) is 20.0 Å². The Bertz CT molecular complexity index is 1140. The van der Waals surface area contributed by atoms with Crippen molar-refractivity contribution in [3.8, 4) is 5.75 Å². The third-order valence-electron chi connectivity index (χ3n) is 6.23. The quantitative estimate of drug-likeness (QED) is 0.506. The van der Waals surface area contributed by atoms with Crippen molar-refractivity contribution < 1.29 is 14.3 Å². The zero-order chi connectivity index (χ0) is 24.7. The summed E-state index contributed by atoms with van der Waals surface area (Å²) in [5.74, 6) is 0.265. The van der Waals surface area contributed by atoms with Crippen molar-refractivity contribution in [2.45, 2.75) is 46.7 Å². The number of hydrogen-bond acceptors (Lipinski definition) is 3. The minimum atomic E-state index is -0.663. The number of nitrogens with one attached hydrogen (secondary N) is 1. The van der Waals surface area contributed by atoms with Gasteiger partial charge in [0.05, 0.1) is 0 Å². The first-order chi connectivity index (χ1) is 16.3. The molecule has 3 aromatic carbocycles. The van der Waals surface area contributed by atoms with Crippen LogP contribution in [-0.4, -0.2) is 36.4 Å². The predicted octanol–water partition coefficient (Wildman–Crippen LogP) is 4.69. The molecule has 1 atom stereocenters. The Kier molecular flexibility index (Phi) is 8.47. The fourth-order valence-corrected chi connectivity index (χ4v) is 4.06. The van der Waals surface area contributed by atoms with Crippen LogP contribution in [0.1, 0.15) is 33.4 Å². The summed E-state index contributed by atoms with van der Waals surface area (Å²) in [7, 11) is 1.60. The molecule has 1 N–H and O–H groups in total. The van der Waals surface area contributed by atoms with E-state index in [1.54, 1.807) is 11.9 Å². The first-order valence-electron chi connectivity index (χ1n) is 11.6. The maximum atomic E-state index is 13.6. The van der Waals surface area contributed by atoms with Crippen LogP contribution in [0.25, 0.3) is 0 Å². The van der Waals surface area contributed by atoms with E-state index in [-0.39, 0.29) is 18.4 Å². The lowest BCUT2D eigenvalue weighted by atomic mass is 10.0. The lowest BCUT2D eigenvalue weighted by Crippen LogP contribution is -2.51. The molecule has 2 amide bonds. The van der Waals surface area contributed by atoms with Crippen LogP contribution in [0.5, 0.6) is 5.75 Å². The number of nitrogens with zero attached hydrogens (tertiary/aromatic N) is 1. The highest BCUT2D eigenvalue weighted by atomic mass is 16.5. The highest BCUT2D eigenvalue weighted by Crippen LogP contribution is 2.24. The summed E-state index contributed by atoms with van der Waals surface area (Å²) in [5.41, 5.74) is 6.27. The molecule has 3 rings (SSSR count). The number of ether oxygens (including phenoxy) is 1. The van der Waals surface area contributed by atoms with Crippen LogP contribution in [0.15, 0.2) is 66.7 Å².